The molecule has 1 heterocycles. The van der Waals surface area contributed by atoms with E-state index in [9.17, 15) is 9.59 Å². The molecule has 5 heteroatoms. The van der Waals surface area contributed by atoms with Crippen molar-refractivity contribution in [2.75, 3.05) is 11.9 Å². The van der Waals surface area contributed by atoms with Gasteiger partial charge in [0.1, 0.15) is 0 Å². The number of benzene rings is 1. The van der Waals surface area contributed by atoms with Crippen molar-refractivity contribution in [2.45, 2.75) is 25.4 Å². The molecule has 0 aliphatic heterocycles. The van der Waals surface area contributed by atoms with Crippen LogP contribution < -0.4 is 10.9 Å². The van der Waals surface area contributed by atoms with Crippen molar-refractivity contribution in [3.05, 3.63) is 40.8 Å². The third kappa shape index (κ3) is 3.05. The minimum absolute atomic E-state index is 0.0742. The van der Waals surface area contributed by atoms with Gasteiger partial charge < -0.3 is 15.0 Å². The van der Waals surface area contributed by atoms with Crippen LogP contribution in [0.1, 0.15) is 19.3 Å². The highest BCUT2D eigenvalue weighted by Gasteiger charge is 2.21. The Morgan fingerprint density at radius 1 is 1.35 bits per heavy atom. The lowest BCUT2D eigenvalue weighted by molar-refractivity contribution is -0.117. The normalized spacial score (nSPS) is 14.4. The number of pyridine rings is 1. The molecule has 2 N–H and O–H groups in total. The van der Waals surface area contributed by atoms with Gasteiger partial charge in [0, 0.05) is 17.3 Å². The Bertz CT molecular complexity index is 689. The molecule has 2 aromatic rings. The monoisotopic (exact) mass is 272 g/mol. The fourth-order valence-corrected chi connectivity index (χ4v) is 2.05. The predicted molar refractivity (Wildman–Crippen MR) is 76.8 cm³/mol. The van der Waals surface area contributed by atoms with E-state index >= 15 is 0 Å². The molecule has 1 aliphatic rings. The van der Waals surface area contributed by atoms with Crippen molar-refractivity contribution >= 4 is 22.4 Å². The van der Waals surface area contributed by atoms with Crippen LogP contribution in [0, 0.1) is 0 Å². The van der Waals surface area contributed by atoms with E-state index in [-0.39, 0.29) is 11.5 Å². The van der Waals surface area contributed by atoms with Gasteiger partial charge in [-0.15, -0.1) is 0 Å². The van der Waals surface area contributed by atoms with Crippen LogP contribution in [0.4, 0.5) is 5.69 Å². The molecule has 1 aliphatic carbocycles. The van der Waals surface area contributed by atoms with Crippen molar-refractivity contribution in [1.29, 1.82) is 0 Å². The first-order chi connectivity index (χ1) is 9.72. The largest absolute Gasteiger partial charge is 0.378 e. The standard InChI is InChI=1S/C15H16N2O3/c18-14(6-8-20-12-2-3-12)17-11-1-4-13-10(9-11)5-7-16-15(13)19/h1,4-5,7,9,12H,2-3,6,8H2,(H,16,19)(H,17,18). The molecule has 1 amide bonds. The summed E-state index contributed by atoms with van der Waals surface area (Å²) in [5.74, 6) is -0.0742. The summed E-state index contributed by atoms with van der Waals surface area (Å²) in [7, 11) is 0. The summed E-state index contributed by atoms with van der Waals surface area (Å²) in [5, 5.41) is 4.24. The second-order valence-electron chi connectivity index (χ2n) is 4.98. The topological polar surface area (TPSA) is 71.2 Å². The third-order valence-corrected chi connectivity index (χ3v) is 3.26. The van der Waals surface area contributed by atoms with Crippen LogP contribution >= 0.6 is 0 Å². The summed E-state index contributed by atoms with van der Waals surface area (Å²) < 4.78 is 5.44. The van der Waals surface area contributed by atoms with Gasteiger partial charge in [-0.25, -0.2) is 0 Å². The number of aromatic amines is 1. The van der Waals surface area contributed by atoms with E-state index in [0.717, 1.165) is 18.2 Å². The van der Waals surface area contributed by atoms with E-state index in [1.165, 1.54) is 0 Å². The smallest absolute Gasteiger partial charge is 0.255 e. The Labute approximate surface area is 116 Å². The van der Waals surface area contributed by atoms with E-state index in [4.69, 9.17) is 4.74 Å². The van der Waals surface area contributed by atoms with E-state index in [1.807, 2.05) is 6.07 Å². The number of fused-ring (bicyclic) bond motifs is 1. The second kappa shape index (κ2) is 5.46. The second-order valence-corrected chi connectivity index (χ2v) is 4.98. The molecule has 0 bridgehead atoms. The van der Waals surface area contributed by atoms with Gasteiger partial charge >= 0.3 is 0 Å². The number of carbonyl (C=O) groups excluding carboxylic acids is 1. The molecule has 104 valence electrons. The number of aromatic nitrogens is 1. The lowest BCUT2D eigenvalue weighted by atomic mass is 10.1. The minimum Gasteiger partial charge on any atom is -0.378 e. The minimum atomic E-state index is -0.127. The number of amides is 1. The highest BCUT2D eigenvalue weighted by Crippen LogP contribution is 2.23. The Hall–Kier alpha value is -2.14. The Balaban J connectivity index is 1.64. The highest BCUT2D eigenvalue weighted by molar-refractivity contribution is 5.94. The number of ether oxygens (including phenoxy) is 1. The van der Waals surface area contributed by atoms with E-state index in [0.29, 0.717) is 30.2 Å². The first-order valence-electron chi connectivity index (χ1n) is 6.75. The van der Waals surface area contributed by atoms with Crippen molar-refractivity contribution in [1.82, 2.24) is 4.98 Å². The summed E-state index contributed by atoms with van der Waals surface area (Å²) >= 11 is 0. The zero-order valence-corrected chi connectivity index (χ0v) is 11.0. The number of carbonyl (C=O) groups is 1. The van der Waals surface area contributed by atoms with Crippen LogP contribution in [0.2, 0.25) is 0 Å². The van der Waals surface area contributed by atoms with Crippen LogP contribution in [-0.4, -0.2) is 23.6 Å². The van der Waals surface area contributed by atoms with Crippen LogP contribution in [-0.2, 0) is 9.53 Å². The molecule has 0 spiro atoms. The van der Waals surface area contributed by atoms with E-state index in [1.54, 1.807) is 24.4 Å². The van der Waals surface area contributed by atoms with Crippen molar-refractivity contribution in [3.63, 3.8) is 0 Å². The lowest BCUT2D eigenvalue weighted by Crippen LogP contribution is -2.14. The molecule has 5 nitrogen and oxygen atoms in total. The van der Waals surface area contributed by atoms with Gasteiger partial charge in [0.2, 0.25) is 5.91 Å². The molecule has 3 rings (SSSR count). The molecule has 0 saturated heterocycles. The number of H-pyrrole nitrogens is 1. The lowest BCUT2D eigenvalue weighted by Gasteiger charge is -2.06. The van der Waals surface area contributed by atoms with Crippen molar-refractivity contribution in [2.24, 2.45) is 0 Å². The number of hydrogen-bond acceptors (Lipinski definition) is 3. The predicted octanol–water partition coefficient (Wildman–Crippen LogP) is 2.04. The quantitative estimate of drug-likeness (QED) is 0.875. The molecule has 20 heavy (non-hydrogen) atoms. The van der Waals surface area contributed by atoms with Crippen molar-refractivity contribution in [3.8, 4) is 0 Å². The average molecular weight is 272 g/mol. The Morgan fingerprint density at radius 2 is 2.20 bits per heavy atom. The summed E-state index contributed by atoms with van der Waals surface area (Å²) in [6.45, 7) is 0.462. The number of nitrogens with one attached hydrogen (secondary N) is 2. The number of anilines is 1. The zero-order valence-electron chi connectivity index (χ0n) is 11.0. The summed E-state index contributed by atoms with van der Waals surface area (Å²) in [6.07, 6.45) is 4.54. The molecular formula is C15H16N2O3. The fraction of sp³-hybridized carbons (Fsp3) is 0.333. The maximum atomic E-state index is 11.8. The van der Waals surface area contributed by atoms with Crippen LogP contribution in [0.25, 0.3) is 10.8 Å². The van der Waals surface area contributed by atoms with Gasteiger partial charge in [-0.1, -0.05) is 0 Å². The Kier molecular flexibility index (Phi) is 3.52. The molecule has 1 saturated carbocycles. The summed E-state index contributed by atoms with van der Waals surface area (Å²) in [5.41, 5.74) is 0.567. The maximum absolute atomic E-state index is 11.8. The van der Waals surface area contributed by atoms with E-state index < -0.39 is 0 Å². The number of hydrogen-bond donors (Lipinski definition) is 2. The number of rotatable bonds is 5. The van der Waals surface area contributed by atoms with Crippen LogP contribution in [0.15, 0.2) is 35.3 Å². The molecule has 1 fully saturated rings. The third-order valence-electron chi connectivity index (χ3n) is 3.26. The molecule has 0 atom stereocenters. The fourth-order valence-electron chi connectivity index (χ4n) is 2.05. The van der Waals surface area contributed by atoms with Gasteiger partial charge in [-0.3, -0.25) is 9.59 Å². The summed E-state index contributed by atoms with van der Waals surface area (Å²) in [4.78, 5) is 25.9. The Morgan fingerprint density at radius 3 is 3.00 bits per heavy atom. The van der Waals surface area contributed by atoms with Gasteiger partial charge in [0.25, 0.3) is 5.56 Å². The van der Waals surface area contributed by atoms with E-state index in [2.05, 4.69) is 10.3 Å². The van der Waals surface area contributed by atoms with Gasteiger partial charge in [0.05, 0.1) is 19.1 Å². The van der Waals surface area contributed by atoms with Gasteiger partial charge in [0.15, 0.2) is 0 Å². The molecule has 1 aromatic carbocycles. The SMILES string of the molecule is O=C(CCOC1CC1)Nc1ccc2c(=O)[nH]ccc2c1. The molecular weight excluding hydrogens is 256 g/mol. The first-order valence-corrected chi connectivity index (χ1v) is 6.75. The molecule has 0 unspecified atom stereocenters. The molecule has 0 radical (unpaired) electrons. The summed E-state index contributed by atoms with van der Waals surface area (Å²) in [6, 6.07) is 7.05. The zero-order chi connectivity index (χ0) is 13.9. The average Bonchev–Trinajstić information content (AvgIpc) is 3.23. The highest BCUT2D eigenvalue weighted by atomic mass is 16.5. The van der Waals surface area contributed by atoms with Crippen molar-refractivity contribution < 1.29 is 9.53 Å². The maximum Gasteiger partial charge on any atom is 0.255 e. The first kappa shape index (κ1) is 12.9. The van der Waals surface area contributed by atoms with Gasteiger partial charge in [-0.2, -0.15) is 0 Å². The molecule has 1 aromatic heterocycles. The van der Waals surface area contributed by atoms with Gasteiger partial charge in [-0.05, 0) is 42.5 Å². The van der Waals surface area contributed by atoms with Crippen LogP contribution in [0.5, 0.6) is 0 Å². The van der Waals surface area contributed by atoms with Crippen LogP contribution in [0.3, 0.4) is 0 Å².